The second-order valence-electron chi connectivity index (χ2n) is 18.2. The molecule has 0 aliphatic rings. The van der Waals surface area contributed by atoms with Crippen LogP contribution in [0.15, 0.2) is 72.9 Å². The van der Waals surface area contributed by atoms with Crippen LogP contribution >= 0.6 is 7.82 Å². The van der Waals surface area contributed by atoms with Gasteiger partial charge >= 0.3 is 13.8 Å². The number of carbonyl (C=O) groups excluding carboxylic acids is 1. The summed E-state index contributed by atoms with van der Waals surface area (Å²) in [5.74, 6) is -0.333. The summed E-state index contributed by atoms with van der Waals surface area (Å²) in [6, 6.07) is 0. The molecule has 0 aliphatic carbocycles. The molecule has 0 aromatic rings. The van der Waals surface area contributed by atoms with E-state index >= 15 is 0 Å². The Balaban J connectivity index is 4.12. The van der Waals surface area contributed by atoms with Gasteiger partial charge in [-0.3, -0.25) is 13.8 Å². The number of likely N-dealkylation sites (N-methyl/N-ethyl adjacent to an activating group) is 1. The Labute approximate surface area is 389 Å². The van der Waals surface area contributed by atoms with E-state index in [-0.39, 0.29) is 25.8 Å². The lowest BCUT2D eigenvalue weighted by molar-refractivity contribution is -0.870. The first-order valence-electron chi connectivity index (χ1n) is 25.7. The van der Waals surface area contributed by atoms with E-state index in [1.165, 1.54) is 103 Å². The molecule has 366 valence electrons. The highest BCUT2D eigenvalue weighted by atomic mass is 31.2. The highest BCUT2D eigenvalue weighted by molar-refractivity contribution is 7.47. The van der Waals surface area contributed by atoms with Crippen molar-refractivity contribution in [2.75, 3.05) is 54.1 Å². The van der Waals surface area contributed by atoms with Crippen LogP contribution in [0.1, 0.15) is 206 Å². The molecule has 0 aromatic heterocycles. The average Bonchev–Trinajstić information content (AvgIpc) is 3.24. The van der Waals surface area contributed by atoms with Crippen molar-refractivity contribution in [1.82, 2.24) is 0 Å². The number of quaternary nitrogens is 1. The SMILES string of the molecule is CC/C=C\C/C=C\C/C=C\CCCCCCCC(=O)OC(COCCCCCCCCCCCCC/C=C\C/C=C\C/C=C\CCCCCCC)COP(=O)(O)OCC[N+](C)(C)C. The van der Waals surface area contributed by atoms with E-state index in [9.17, 15) is 14.3 Å². The third kappa shape index (κ3) is 50.8. The average molecular weight is 905 g/mol. The summed E-state index contributed by atoms with van der Waals surface area (Å²) >= 11 is 0. The molecule has 2 atom stereocenters. The van der Waals surface area contributed by atoms with E-state index in [1.54, 1.807) is 0 Å². The molecule has 0 saturated heterocycles. The normalized spacial score (nSPS) is 14.2. The van der Waals surface area contributed by atoms with Crippen LogP contribution in [0.4, 0.5) is 0 Å². The van der Waals surface area contributed by atoms with Gasteiger partial charge in [0, 0.05) is 13.0 Å². The topological polar surface area (TPSA) is 91.3 Å². The van der Waals surface area contributed by atoms with E-state index in [0.717, 1.165) is 83.5 Å². The molecular formula is C54H99NO7P+. The van der Waals surface area contributed by atoms with Crippen molar-refractivity contribution >= 4 is 13.8 Å². The van der Waals surface area contributed by atoms with Crippen LogP contribution in [0, 0.1) is 0 Å². The Morgan fingerprint density at radius 3 is 1.38 bits per heavy atom. The first kappa shape index (κ1) is 60.9. The van der Waals surface area contributed by atoms with Gasteiger partial charge in [0.15, 0.2) is 0 Å². The minimum absolute atomic E-state index is 0.0812. The van der Waals surface area contributed by atoms with Gasteiger partial charge in [-0.2, -0.15) is 0 Å². The van der Waals surface area contributed by atoms with Crippen LogP contribution in [0.5, 0.6) is 0 Å². The number of carbonyl (C=O) groups is 1. The maximum Gasteiger partial charge on any atom is 0.472 e. The minimum Gasteiger partial charge on any atom is -0.457 e. The highest BCUT2D eigenvalue weighted by Gasteiger charge is 2.26. The molecule has 2 unspecified atom stereocenters. The molecular weight excluding hydrogens is 806 g/mol. The number of hydrogen-bond donors (Lipinski definition) is 1. The molecule has 0 heterocycles. The fourth-order valence-corrected chi connectivity index (χ4v) is 7.55. The number of phosphoric acid groups is 1. The van der Waals surface area contributed by atoms with E-state index < -0.39 is 13.9 Å². The lowest BCUT2D eigenvalue weighted by Gasteiger charge is -2.24. The fourth-order valence-electron chi connectivity index (χ4n) is 6.81. The predicted octanol–water partition coefficient (Wildman–Crippen LogP) is 15.8. The van der Waals surface area contributed by atoms with Gasteiger partial charge < -0.3 is 18.9 Å². The molecule has 0 bridgehead atoms. The summed E-state index contributed by atoms with van der Waals surface area (Å²) in [6.07, 6.45) is 61.0. The predicted molar refractivity (Wildman–Crippen MR) is 270 cm³/mol. The molecule has 0 rings (SSSR count). The molecule has 9 heteroatoms. The zero-order valence-electron chi connectivity index (χ0n) is 41.5. The zero-order valence-corrected chi connectivity index (χ0v) is 42.4. The van der Waals surface area contributed by atoms with Gasteiger partial charge in [0.25, 0.3) is 0 Å². The number of nitrogens with zero attached hydrogens (tertiary/aromatic N) is 1. The molecule has 63 heavy (non-hydrogen) atoms. The Bertz CT molecular complexity index is 1230. The molecule has 0 amide bonds. The van der Waals surface area contributed by atoms with Gasteiger partial charge in [0.2, 0.25) is 0 Å². The van der Waals surface area contributed by atoms with Crippen LogP contribution in [0.2, 0.25) is 0 Å². The maximum absolute atomic E-state index is 12.7. The number of phosphoric ester groups is 1. The molecule has 1 N–H and O–H groups in total. The molecule has 0 spiro atoms. The first-order valence-corrected chi connectivity index (χ1v) is 27.2. The van der Waals surface area contributed by atoms with Crippen molar-refractivity contribution in [3.63, 3.8) is 0 Å². The van der Waals surface area contributed by atoms with E-state index in [2.05, 4.69) is 86.8 Å². The maximum atomic E-state index is 12.7. The number of allylic oxidation sites excluding steroid dienone is 12. The molecule has 0 fully saturated rings. The fraction of sp³-hybridized carbons (Fsp3) is 0.759. The summed E-state index contributed by atoms with van der Waals surface area (Å²) in [5.41, 5.74) is 0. The Morgan fingerprint density at radius 2 is 0.921 bits per heavy atom. The van der Waals surface area contributed by atoms with Crippen LogP contribution in [0.3, 0.4) is 0 Å². The lowest BCUT2D eigenvalue weighted by atomic mass is 10.1. The number of hydrogen-bond acceptors (Lipinski definition) is 6. The lowest BCUT2D eigenvalue weighted by Crippen LogP contribution is -2.37. The largest absolute Gasteiger partial charge is 0.472 e. The molecule has 8 nitrogen and oxygen atoms in total. The number of unbranched alkanes of at least 4 members (excludes halogenated alkanes) is 21. The monoisotopic (exact) mass is 905 g/mol. The van der Waals surface area contributed by atoms with Crippen molar-refractivity contribution in [2.45, 2.75) is 213 Å². The summed E-state index contributed by atoms with van der Waals surface area (Å²) in [4.78, 5) is 23.0. The van der Waals surface area contributed by atoms with E-state index in [4.69, 9.17) is 18.5 Å². The summed E-state index contributed by atoms with van der Waals surface area (Å²) in [7, 11) is 1.65. The van der Waals surface area contributed by atoms with Gasteiger partial charge in [-0.15, -0.1) is 0 Å². The van der Waals surface area contributed by atoms with Gasteiger partial charge in [-0.05, 0) is 83.5 Å². The first-order chi connectivity index (χ1) is 30.6. The van der Waals surface area contributed by atoms with Crippen molar-refractivity contribution in [3.8, 4) is 0 Å². The van der Waals surface area contributed by atoms with E-state index in [1.807, 2.05) is 21.1 Å². The highest BCUT2D eigenvalue weighted by Crippen LogP contribution is 2.43. The van der Waals surface area contributed by atoms with Gasteiger partial charge in [-0.1, -0.05) is 189 Å². The van der Waals surface area contributed by atoms with Crippen LogP contribution in [-0.4, -0.2) is 75.6 Å². The van der Waals surface area contributed by atoms with Crippen LogP contribution in [-0.2, 0) is 27.9 Å². The standard InChI is InChI=1S/C54H98NO7P/c1-6-8-10-12-14-16-18-20-22-23-24-25-26-27-28-29-30-31-32-34-36-38-40-42-44-46-49-59-51-53(52-61-63(57,58)60-50-48-55(3,4)5)62-54(56)47-45-43-41-39-37-35-33-21-19-17-15-13-11-9-7-2/h9,11,15,17-18,20-21,23-24,26-27,33,53H,6-8,10,12-14,16,19,22,25,28-32,34-52H2,1-5H3/p+1/b11-9-,17-15-,20-18-,24-23-,27-26-,33-21-. The third-order valence-electron chi connectivity index (χ3n) is 10.8. The Hall–Kier alpha value is -2.06. The van der Waals surface area contributed by atoms with Gasteiger partial charge in [0.1, 0.15) is 19.3 Å². The molecule has 0 saturated carbocycles. The molecule has 0 radical (unpaired) electrons. The van der Waals surface area contributed by atoms with E-state index in [0.29, 0.717) is 24.1 Å². The Kier molecular flexibility index (Phi) is 44.9. The Morgan fingerprint density at radius 1 is 0.508 bits per heavy atom. The van der Waals surface area contributed by atoms with Crippen molar-refractivity contribution in [3.05, 3.63) is 72.9 Å². The molecule has 0 aromatic carbocycles. The van der Waals surface area contributed by atoms with Crippen LogP contribution < -0.4 is 0 Å². The number of ether oxygens (including phenoxy) is 2. The smallest absolute Gasteiger partial charge is 0.457 e. The summed E-state index contributed by atoms with van der Waals surface area (Å²) < 4.78 is 35.1. The summed E-state index contributed by atoms with van der Waals surface area (Å²) in [6.45, 7) is 5.47. The number of esters is 1. The van der Waals surface area contributed by atoms with Gasteiger partial charge in [-0.25, -0.2) is 4.57 Å². The molecule has 0 aliphatic heterocycles. The summed E-state index contributed by atoms with van der Waals surface area (Å²) in [5, 5.41) is 0. The van der Waals surface area contributed by atoms with Crippen LogP contribution in [0.25, 0.3) is 0 Å². The van der Waals surface area contributed by atoms with Crippen molar-refractivity contribution in [1.29, 1.82) is 0 Å². The van der Waals surface area contributed by atoms with Crippen molar-refractivity contribution in [2.24, 2.45) is 0 Å². The third-order valence-corrected chi connectivity index (χ3v) is 11.7. The number of rotatable bonds is 47. The zero-order chi connectivity index (χ0) is 46.2. The minimum atomic E-state index is -4.29. The second kappa shape index (κ2) is 46.5. The quantitative estimate of drug-likeness (QED) is 0.0214. The van der Waals surface area contributed by atoms with Gasteiger partial charge in [0.05, 0.1) is 34.4 Å². The second-order valence-corrected chi connectivity index (χ2v) is 19.6. The van der Waals surface area contributed by atoms with Crippen molar-refractivity contribution < 1.29 is 37.3 Å².